The fraction of sp³-hybridized carbons (Fsp3) is 0.0870. The summed E-state index contributed by atoms with van der Waals surface area (Å²) in [6.45, 7) is 4.76. The van der Waals surface area contributed by atoms with Crippen molar-refractivity contribution in [2.75, 3.05) is 4.90 Å². The molecular weight excluding hydrogens is 567 g/mol. The topological polar surface area (TPSA) is 3.24 Å². The van der Waals surface area contributed by atoms with Gasteiger partial charge in [0.1, 0.15) is 0 Å². The second-order valence-corrected chi connectivity index (χ2v) is 13.3. The van der Waals surface area contributed by atoms with Gasteiger partial charge in [-0.2, -0.15) is 0 Å². The first-order valence-electron chi connectivity index (χ1n) is 16.5. The van der Waals surface area contributed by atoms with Gasteiger partial charge in [-0.05, 0) is 98.1 Å². The zero-order valence-corrected chi connectivity index (χ0v) is 26.7. The van der Waals surface area contributed by atoms with Crippen LogP contribution in [0.1, 0.15) is 47.2 Å². The van der Waals surface area contributed by atoms with Crippen molar-refractivity contribution in [3.05, 3.63) is 209 Å². The molecule has 0 heterocycles. The average molecular weight is 602 g/mol. The van der Waals surface area contributed by atoms with E-state index in [-0.39, 0.29) is 10.8 Å². The molecule has 0 aliphatic heterocycles. The number of rotatable bonds is 4. The quantitative estimate of drug-likeness (QED) is 0.194. The molecule has 0 radical (unpaired) electrons. The Hall–Kier alpha value is -5.66. The minimum absolute atomic E-state index is 0.0921. The van der Waals surface area contributed by atoms with Crippen LogP contribution in [0.25, 0.3) is 22.3 Å². The SMILES string of the molecule is CC1(C)c2ccccc2C2(c3ccccc3-c3cc(-c4ccc(N(c5ccccc5)c5ccccc5)cc4)ccc32)c2ccccc21. The molecule has 1 nitrogen and oxygen atoms in total. The Kier molecular flexibility index (Phi) is 6.14. The maximum atomic E-state index is 2.43. The molecule has 47 heavy (non-hydrogen) atoms. The number of para-hydroxylation sites is 2. The van der Waals surface area contributed by atoms with E-state index >= 15 is 0 Å². The van der Waals surface area contributed by atoms with Gasteiger partial charge in [0.25, 0.3) is 0 Å². The molecule has 0 saturated carbocycles. The third-order valence-electron chi connectivity index (χ3n) is 10.5. The Labute approximate surface area is 277 Å². The van der Waals surface area contributed by atoms with Crippen LogP contribution in [-0.2, 0) is 10.8 Å². The zero-order valence-electron chi connectivity index (χ0n) is 26.7. The van der Waals surface area contributed by atoms with Gasteiger partial charge in [0.05, 0.1) is 5.41 Å². The van der Waals surface area contributed by atoms with Crippen molar-refractivity contribution >= 4 is 17.1 Å². The van der Waals surface area contributed by atoms with Gasteiger partial charge in [-0.1, -0.05) is 147 Å². The van der Waals surface area contributed by atoms with Crippen molar-refractivity contribution in [1.82, 2.24) is 0 Å². The Morgan fingerprint density at radius 1 is 0.340 bits per heavy atom. The van der Waals surface area contributed by atoms with Crippen molar-refractivity contribution in [2.24, 2.45) is 0 Å². The van der Waals surface area contributed by atoms with Crippen LogP contribution in [0.15, 0.2) is 176 Å². The number of nitrogens with zero attached hydrogens (tertiary/aromatic N) is 1. The summed E-state index contributed by atoms with van der Waals surface area (Å²) in [5.41, 5.74) is 16.4. The molecule has 1 heteroatoms. The second kappa shape index (κ2) is 10.4. The molecule has 0 amide bonds. The first-order chi connectivity index (χ1) is 23.1. The van der Waals surface area contributed by atoms with Crippen LogP contribution < -0.4 is 4.90 Å². The summed E-state index contributed by atoms with van der Waals surface area (Å²) in [6, 6.07) is 64.7. The fourth-order valence-electron chi connectivity index (χ4n) is 8.45. The standard InChI is InChI=1S/C46H35N/c1-45(2)41-21-11-13-23-43(41)46(44-24-14-12-22-42(44)45)39-20-10-9-19-37(39)38-31-33(27-30-40(38)46)32-25-28-36(29-26-32)47(34-15-5-3-6-16-34)35-17-7-4-8-18-35/h3-31H,1-2H3. The van der Waals surface area contributed by atoms with Gasteiger partial charge in [0.2, 0.25) is 0 Å². The smallest absolute Gasteiger partial charge is 0.0719 e. The third-order valence-corrected chi connectivity index (χ3v) is 10.5. The Balaban J connectivity index is 1.20. The number of hydrogen-bond acceptors (Lipinski definition) is 1. The molecule has 9 rings (SSSR count). The van der Waals surface area contributed by atoms with E-state index in [2.05, 4.69) is 195 Å². The summed E-state index contributed by atoms with van der Waals surface area (Å²) in [6.07, 6.45) is 0. The molecule has 0 unspecified atom stereocenters. The normalized spacial score (nSPS) is 14.5. The number of hydrogen-bond donors (Lipinski definition) is 0. The molecule has 2 aliphatic carbocycles. The lowest BCUT2D eigenvalue weighted by molar-refractivity contribution is 0.563. The lowest BCUT2D eigenvalue weighted by Gasteiger charge is -2.46. The van der Waals surface area contributed by atoms with Crippen molar-refractivity contribution in [1.29, 1.82) is 0 Å². The lowest BCUT2D eigenvalue weighted by Crippen LogP contribution is -2.40. The molecule has 0 saturated heterocycles. The lowest BCUT2D eigenvalue weighted by atomic mass is 9.55. The van der Waals surface area contributed by atoms with Gasteiger partial charge in [0.15, 0.2) is 0 Å². The second-order valence-electron chi connectivity index (χ2n) is 13.3. The fourth-order valence-corrected chi connectivity index (χ4v) is 8.45. The van der Waals surface area contributed by atoms with Crippen LogP contribution in [0.5, 0.6) is 0 Å². The first kappa shape index (κ1) is 27.6. The molecule has 7 aromatic rings. The predicted molar refractivity (Wildman–Crippen MR) is 196 cm³/mol. The summed E-state index contributed by atoms with van der Waals surface area (Å²) in [7, 11) is 0. The summed E-state index contributed by atoms with van der Waals surface area (Å²) >= 11 is 0. The molecule has 0 fully saturated rings. The molecule has 0 atom stereocenters. The molecule has 0 bridgehead atoms. The molecule has 0 N–H and O–H groups in total. The van der Waals surface area contributed by atoms with Gasteiger partial charge < -0.3 is 4.90 Å². The maximum absolute atomic E-state index is 2.43. The van der Waals surface area contributed by atoms with Crippen molar-refractivity contribution in [3.8, 4) is 22.3 Å². The van der Waals surface area contributed by atoms with Crippen molar-refractivity contribution in [3.63, 3.8) is 0 Å². The van der Waals surface area contributed by atoms with Crippen molar-refractivity contribution < 1.29 is 0 Å². The summed E-state index contributed by atoms with van der Waals surface area (Å²) < 4.78 is 0. The van der Waals surface area contributed by atoms with E-state index in [0.29, 0.717) is 0 Å². The van der Waals surface area contributed by atoms with Crippen LogP contribution in [-0.4, -0.2) is 0 Å². The highest BCUT2D eigenvalue weighted by Crippen LogP contribution is 2.62. The molecule has 7 aromatic carbocycles. The average Bonchev–Trinajstić information content (AvgIpc) is 3.43. The molecule has 2 aliphatic rings. The number of benzene rings is 7. The first-order valence-corrected chi connectivity index (χ1v) is 16.5. The van der Waals surface area contributed by atoms with Gasteiger partial charge in [-0.3, -0.25) is 0 Å². The van der Waals surface area contributed by atoms with E-state index in [4.69, 9.17) is 0 Å². The van der Waals surface area contributed by atoms with Gasteiger partial charge in [0, 0.05) is 22.5 Å². The van der Waals surface area contributed by atoms with Gasteiger partial charge in [-0.15, -0.1) is 0 Å². The Morgan fingerprint density at radius 3 is 1.34 bits per heavy atom. The minimum Gasteiger partial charge on any atom is -0.311 e. The van der Waals surface area contributed by atoms with Crippen molar-refractivity contribution in [2.45, 2.75) is 24.7 Å². The molecule has 224 valence electrons. The van der Waals surface area contributed by atoms with Crippen LogP contribution in [0.2, 0.25) is 0 Å². The largest absolute Gasteiger partial charge is 0.311 e. The maximum Gasteiger partial charge on any atom is 0.0719 e. The van der Waals surface area contributed by atoms with Crippen LogP contribution in [0, 0.1) is 0 Å². The summed E-state index contributed by atoms with van der Waals surface area (Å²) in [5.74, 6) is 0. The summed E-state index contributed by atoms with van der Waals surface area (Å²) in [4.78, 5) is 2.31. The van der Waals surface area contributed by atoms with Gasteiger partial charge in [-0.25, -0.2) is 0 Å². The van der Waals surface area contributed by atoms with E-state index in [1.165, 1.54) is 55.6 Å². The zero-order chi connectivity index (χ0) is 31.6. The highest BCUT2D eigenvalue weighted by atomic mass is 15.1. The summed E-state index contributed by atoms with van der Waals surface area (Å²) in [5, 5.41) is 0. The molecular formula is C46H35N. The molecule has 0 aromatic heterocycles. The van der Waals surface area contributed by atoms with Crippen LogP contribution >= 0.6 is 0 Å². The Bertz CT molecular complexity index is 2170. The van der Waals surface area contributed by atoms with Crippen LogP contribution in [0.3, 0.4) is 0 Å². The predicted octanol–water partition coefficient (Wildman–Crippen LogP) is 11.8. The highest BCUT2D eigenvalue weighted by Gasteiger charge is 2.53. The van der Waals surface area contributed by atoms with E-state index in [9.17, 15) is 0 Å². The Morgan fingerprint density at radius 2 is 0.766 bits per heavy atom. The van der Waals surface area contributed by atoms with E-state index in [1.54, 1.807) is 0 Å². The number of anilines is 3. The number of fused-ring (bicyclic) bond motifs is 9. The molecule has 1 spiro atoms. The van der Waals surface area contributed by atoms with E-state index in [0.717, 1.165) is 17.1 Å². The minimum atomic E-state index is -0.358. The third kappa shape index (κ3) is 3.96. The van der Waals surface area contributed by atoms with Crippen LogP contribution in [0.4, 0.5) is 17.1 Å². The van der Waals surface area contributed by atoms with E-state index in [1.807, 2.05) is 0 Å². The van der Waals surface area contributed by atoms with E-state index < -0.39 is 0 Å². The highest BCUT2D eigenvalue weighted by molar-refractivity contribution is 5.91. The monoisotopic (exact) mass is 601 g/mol. The van der Waals surface area contributed by atoms with Gasteiger partial charge >= 0.3 is 0 Å².